The third-order valence-corrected chi connectivity index (χ3v) is 10.9. The van der Waals surface area contributed by atoms with Gasteiger partial charge in [-0.25, -0.2) is 0 Å². The lowest BCUT2D eigenvalue weighted by Crippen LogP contribution is -2.67. The van der Waals surface area contributed by atoms with Crippen LogP contribution < -0.4 is 0 Å². The third-order valence-electron chi connectivity index (χ3n) is 10.9. The van der Waals surface area contributed by atoms with E-state index < -0.39 is 11.7 Å². The fourth-order valence-electron chi connectivity index (χ4n) is 9.10. The minimum absolute atomic E-state index is 0.228. The van der Waals surface area contributed by atoms with Crippen LogP contribution in [0.5, 0.6) is 0 Å². The van der Waals surface area contributed by atoms with Crippen LogP contribution in [0.4, 0.5) is 0 Å². The van der Waals surface area contributed by atoms with Crippen molar-refractivity contribution in [2.24, 2.45) is 46.3 Å². The average Bonchev–Trinajstić information content (AvgIpc) is 3.01. The SMILES string of the molecule is CC(C)CCC[C@@H](C)[C@H]1CC[C@H]2[C@@H]3CC(=N)[C@@]4(O)C[C@@H](O)CC[C@]4(C)[C@H]3CC[C@]12C. The summed E-state index contributed by atoms with van der Waals surface area (Å²) in [5, 5.41) is 30.8. The molecule has 0 saturated heterocycles. The van der Waals surface area contributed by atoms with Crippen molar-refractivity contribution in [3.8, 4) is 0 Å². The highest BCUT2D eigenvalue weighted by molar-refractivity contribution is 5.92. The monoisotopic (exact) mass is 417 g/mol. The summed E-state index contributed by atoms with van der Waals surface area (Å²) < 4.78 is 0. The maximum Gasteiger partial charge on any atom is 0.110 e. The molecule has 30 heavy (non-hydrogen) atoms. The van der Waals surface area contributed by atoms with Crippen LogP contribution in [0.3, 0.4) is 0 Å². The van der Waals surface area contributed by atoms with Crippen molar-refractivity contribution >= 4 is 5.71 Å². The zero-order valence-corrected chi connectivity index (χ0v) is 20.2. The van der Waals surface area contributed by atoms with Crippen molar-refractivity contribution in [2.45, 2.75) is 117 Å². The van der Waals surface area contributed by atoms with Crippen LogP contribution in [0.25, 0.3) is 0 Å². The minimum atomic E-state index is -1.08. The highest BCUT2D eigenvalue weighted by Crippen LogP contribution is 2.68. The van der Waals surface area contributed by atoms with Gasteiger partial charge in [-0.15, -0.1) is 0 Å². The Kier molecular flexibility index (Phi) is 5.97. The molecule has 4 aliphatic rings. The van der Waals surface area contributed by atoms with E-state index in [0.29, 0.717) is 35.3 Å². The van der Waals surface area contributed by atoms with E-state index in [4.69, 9.17) is 5.41 Å². The molecule has 0 aromatic carbocycles. The molecule has 0 unspecified atom stereocenters. The van der Waals surface area contributed by atoms with Gasteiger partial charge < -0.3 is 15.6 Å². The van der Waals surface area contributed by atoms with E-state index in [0.717, 1.165) is 37.0 Å². The molecule has 0 aliphatic heterocycles. The van der Waals surface area contributed by atoms with Crippen LogP contribution in [0.1, 0.15) is 105 Å². The number of rotatable bonds is 5. The zero-order chi connectivity index (χ0) is 21.9. The maximum atomic E-state index is 11.6. The standard InChI is InChI=1S/C27H47NO2/c1-17(2)7-6-8-18(3)21-9-10-22-20-15-24(28)27(30)16-19(29)11-14-26(27,5)23(20)12-13-25(21,22)4/h17-23,28-30H,6-16H2,1-5H3/t18-,19+,20+,21-,22+,23+,25-,26-,27+/m1/s1. The molecule has 172 valence electrons. The molecule has 3 N–H and O–H groups in total. The van der Waals surface area contributed by atoms with Crippen molar-refractivity contribution in [3.63, 3.8) is 0 Å². The number of fused-ring (bicyclic) bond motifs is 5. The molecule has 3 heteroatoms. The summed E-state index contributed by atoms with van der Waals surface area (Å²) in [5.74, 6) is 4.22. The lowest BCUT2D eigenvalue weighted by atomic mass is 9.42. The molecule has 4 saturated carbocycles. The Labute approximate surface area is 184 Å². The Hall–Kier alpha value is -0.410. The quantitative estimate of drug-likeness (QED) is 0.497. The first-order valence-electron chi connectivity index (χ1n) is 13.0. The topological polar surface area (TPSA) is 64.3 Å². The Balaban J connectivity index is 1.54. The van der Waals surface area contributed by atoms with E-state index in [1.165, 1.54) is 44.9 Å². The number of nitrogens with one attached hydrogen (secondary N) is 1. The zero-order valence-electron chi connectivity index (χ0n) is 20.2. The predicted octanol–water partition coefficient (Wildman–Crippen LogP) is 6.21. The molecule has 0 bridgehead atoms. The van der Waals surface area contributed by atoms with Gasteiger partial charge in [0, 0.05) is 17.5 Å². The fraction of sp³-hybridized carbons (Fsp3) is 0.963. The summed E-state index contributed by atoms with van der Waals surface area (Å²) in [6.45, 7) is 12.0. The number of hydrogen-bond acceptors (Lipinski definition) is 3. The molecule has 4 aliphatic carbocycles. The molecular weight excluding hydrogens is 370 g/mol. The summed E-state index contributed by atoms with van der Waals surface area (Å²) in [7, 11) is 0. The number of aliphatic hydroxyl groups is 2. The van der Waals surface area contributed by atoms with Crippen molar-refractivity contribution < 1.29 is 10.2 Å². The summed E-state index contributed by atoms with van der Waals surface area (Å²) in [5.41, 5.74) is -0.364. The van der Waals surface area contributed by atoms with Crippen LogP contribution in [-0.2, 0) is 0 Å². The maximum absolute atomic E-state index is 11.6. The van der Waals surface area contributed by atoms with Gasteiger partial charge in [0.2, 0.25) is 0 Å². The van der Waals surface area contributed by atoms with Gasteiger partial charge in [-0.05, 0) is 85.9 Å². The second-order valence-electron chi connectivity index (χ2n) is 12.8. The molecule has 0 heterocycles. The van der Waals surface area contributed by atoms with Gasteiger partial charge >= 0.3 is 0 Å². The van der Waals surface area contributed by atoms with Crippen LogP contribution in [0.15, 0.2) is 0 Å². The van der Waals surface area contributed by atoms with Crippen LogP contribution in [0.2, 0.25) is 0 Å². The Morgan fingerprint density at radius 3 is 2.43 bits per heavy atom. The first kappa shape index (κ1) is 22.8. The largest absolute Gasteiger partial charge is 0.393 e. The highest BCUT2D eigenvalue weighted by atomic mass is 16.3. The normalized spacial score (nSPS) is 49.5. The Morgan fingerprint density at radius 1 is 1.00 bits per heavy atom. The molecule has 4 rings (SSSR count). The molecule has 0 aromatic heterocycles. The summed E-state index contributed by atoms with van der Waals surface area (Å²) in [6.07, 6.45) is 11.6. The highest BCUT2D eigenvalue weighted by Gasteiger charge is 2.66. The van der Waals surface area contributed by atoms with E-state index in [-0.39, 0.29) is 5.41 Å². The molecule has 0 radical (unpaired) electrons. The molecule has 3 nitrogen and oxygen atoms in total. The Morgan fingerprint density at radius 2 is 1.73 bits per heavy atom. The van der Waals surface area contributed by atoms with Gasteiger partial charge in [0.1, 0.15) is 5.60 Å². The van der Waals surface area contributed by atoms with Gasteiger partial charge in [-0.1, -0.05) is 53.9 Å². The second kappa shape index (κ2) is 7.87. The van der Waals surface area contributed by atoms with Gasteiger partial charge in [-0.3, -0.25) is 0 Å². The average molecular weight is 418 g/mol. The lowest BCUT2D eigenvalue weighted by molar-refractivity contribution is -0.169. The summed E-state index contributed by atoms with van der Waals surface area (Å²) in [6, 6.07) is 0. The van der Waals surface area contributed by atoms with Crippen LogP contribution in [-0.4, -0.2) is 27.6 Å². The van der Waals surface area contributed by atoms with Crippen LogP contribution >= 0.6 is 0 Å². The molecular formula is C27H47NO2. The van der Waals surface area contributed by atoms with E-state index >= 15 is 0 Å². The van der Waals surface area contributed by atoms with Crippen molar-refractivity contribution in [1.29, 1.82) is 5.41 Å². The number of aliphatic hydroxyl groups excluding tert-OH is 1. The fourth-order valence-corrected chi connectivity index (χ4v) is 9.10. The minimum Gasteiger partial charge on any atom is -0.393 e. The van der Waals surface area contributed by atoms with Gasteiger partial charge in [0.15, 0.2) is 0 Å². The van der Waals surface area contributed by atoms with Gasteiger partial charge in [0.25, 0.3) is 0 Å². The van der Waals surface area contributed by atoms with Crippen molar-refractivity contribution in [2.75, 3.05) is 0 Å². The van der Waals surface area contributed by atoms with Crippen molar-refractivity contribution in [3.05, 3.63) is 0 Å². The second-order valence-corrected chi connectivity index (χ2v) is 12.8. The molecule has 0 aromatic rings. The van der Waals surface area contributed by atoms with Gasteiger partial charge in [0.05, 0.1) is 6.10 Å². The smallest absolute Gasteiger partial charge is 0.110 e. The molecule has 9 atom stereocenters. The lowest BCUT2D eigenvalue weighted by Gasteiger charge is -2.64. The van der Waals surface area contributed by atoms with E-state index in [9.17, 15) is 10.2 Å². The first-order valence-corrected chi connectivity index (χ1v) is 13.0. The Bertz CT molecular complexity index is 661. The first-order chi connectivity index (χ1) is 14.0. The molecule has 0 amide bonds. The summed E-state index contributed by atoms with van der Waals surface area (Å²) >= 11 is 0. The van der Waals surface area contributed by atoms with Crippen molar-refractivity contribution in [1.82, 2.24) is 0 Å². The van der Waals surface area contributed by atoms with E-state index in [1.54, 1.807) is 0 Å². The van der Waals surface area contributed by atoms with E-state index in [1.807, 2.05) is 0 Å². The molecule has 4 fully saturated rings. The number of hydrogen-bond donors (Lipinski definition) is 3. The van der Waals surface area contributed by atoms with Gasteiger partial charge in [-0.2, -0.15) is 0 Å². The molecule has 0 spiro atoms. The van der Waals surface area contributed by atoms with E-state index in [2.05, 4.69) is 34.6 Å². The predicted molar refractivity (Wildman–Crippen MR) is 124 cm³/mol. The third kappa shape index (κ3) is 3.33. The summed E-state index contributed by atoms with van der Waals surface area (Å²) in [4.78, 5) is 0. The van der Waals surface area contributed by atoms with Crippen LogP contribution in [0, 0.1) is 51.7 Å².